The van der Waals surface area contributed by atoms with E-state index in [1.165, 1.54) is 7.11 Å². The summed E-state index contributed by atoms with van der Waals surface area (Å²) in [5.74, 6) is -1.50. The fourth-order valence-corrected chi connectivity index (χ4v) is 2.25. The molecule has 1 aliphatic rings. The summed E-state index contributed by atoms with van der Waals surface area (Å²) in [5, 5.41) is 0. The summed E-state index contributed by atoms with van der Waals surface area (Å²) in [7, 11) is 1.20. The molecule has 0 heterocycles. The molecule has 0 spiro atoms. The van der Waals surface area contributed by atoms with Crippen LogP contribution in [0.25, 0.3) is 0 Å². The van der Waals surface area contributed by atoms with Crippen molar-refractivity contribution >= 4 is 17.5 Å². The van der Waals surface area contributed by atoms with Crippen LogP contribution < -0.4 is 0 Å². The van der Waals surface area contributed by atoms with E-state index in [9.17, 15) is 14.4 Å². The van der Waals surface area contributed by atoms with Crippen molar-refractivity contribution in [2.24, 2.45) is 0 Å². The van der Waals surface area contributed by atoms with Crippen molar-refractivity contribution in [1.82, 2.24) is 0 Å². The second kappa shape index (κ2) is 5.87. The van der Waals surface area contributed by atoms with E-state index < -0.39 is 11.8 Å². The lowest BCUT2D eigenvalue weighted by Gasteiger charge is -2.19. The van der Waals surface area contributed by atoms with Crippen LogP contribution in [-0.2, 0) is 9.53 Å². The van der Waals surface area contributed by atoms with E-state index in [0.717, 1.165) is 5.57 Å². The summed E-state index contributed by atoms with van der Waals surface area (Å²) in [5.41, 5.74) is 1.65. The fourth-order valence-electron chi connectivity index (χ4n) is 2.25. The van der Waals surface area contributed by atoms with Crippen LogP contribution in [0.5, 0.6) is 0 Å². The van der Waals surface area contributed by atoms with Crippen LogP contribution in [0.4, 0.5) is 0 Å². The highest BCUT2D eigenvalue weighted by Crippen LogP contribution is 2.29. The highest BCUT2D eigenvalue weighted by Gasteiger charge is 2.35. The van der Waals surface area contributed by atoms with Gasteiger partial charge >= 0.3 is 5.97 Å². The molecule has 0 atom stereocenters. The van der Waals surface area contributed by atoms with E-state index in [-0.39, 0.29) is 28.9 Å². The maximum absolute atomic E-state index is 12.6. The molecular weight excluding hydrogens is 268 g/mol. The molecule has 0 amide bonds. The molecule has 2 rings (SSSR count). The third-order valence-electron chi connectivity index (χ3n) is 3.32. The molecule has 0 N–H and O–H groups in total. The predicted octanol–water partition coefficient (Wildman–Crippen LogP) is 2.89. The van der Waals surface area contributed by atoms with Crippen molar-refractivity contribution in [3.8, 4) is 0 Å². The molecule has 1 aromatic rings. The zero-order valence-electron chi connectivity index (χ0n) is 12.2. The standard InChI is InChI=1S/C17H16O4/c1-10(2)8-9-13-14(17(20)21-3)16(19)12-7-5-4-6-11(12)15(13)18/h4-8H,9H2,1-3H3. The van der Waals surface area contributed by atoms with Gasteiger partial charge in [0.25, 0.3) is 0 Å². The molecule has 1 aliphatic carbocycles. The molecule has 4 heteroatoms. The van der Waals surface area contributed by atoms with Gasteiger partial charge in [-0.2, -0.15) is 0 Å². The third kappa shape index (κ3) is 2.70. The van der Waals surface area contributed by atoms with E-state index in [1.807, 2.05) is 19.9 Å². The Balaban J connectivity index is 2.63. The number of hydrogen-bond acceptors (Lipinski definition) is 4. The van der Waals surface area contributed by atoms with Crippen molar-refractivity contribution in [3.63, 3.8) is 0 Å². The highest BCUT2D eigenvalue weighted by atomic mass is 16.5. The number of ether oxygens (including phenoxy) is 1. The number of esters is 1. The first-order chi connectivity index (χ1) is 9.97. The maximum Gasteiger partial charge on any atom is 0.342 e. The van der Waals surface area contributed by atoms with Crippen molar-refractivity contribution in [2.75, 3.05) is 7.11 Å². The first-order valence-electron chi connectivity index (χ1n) is 6.60. The Morgan fingerprint density at radius 2 is 1.67 bits per heavy atom. The van der Waals surface area contributed by atoms with Gasteiger partial charge in [-0.3, -0.25) is 9.59 Å². The van der Waals surface area contributed by atoms with Crippen LogP contribution in [0.2, 0.25) is 0 Å². The Hall–Kier alpha value is -2.49. The predicted molar refractivity (Wildman–Crippen MR) is 78.2 cm³/mol. The summed E-state index contributed by atoms with van der Waals surface area (Å²) >= 11 is 0. The molecule has 0 fully saturated rings. The van der Waals surface area contributed by atoms with Gasteiger partial charge in [0.2, 0.25) is 5.78 Å². The molecule has 21 heavy (non-hydrogen) atoms. The minimum atomic E-state index is -0.764. The normalized spacial score (nSPS) is 13.9. The molecule has 4 nitrogen and oxygen atoms in total. The van der Waals surface area contributed by atoms with Crippen molar-refractivity contribution < 1.29 is 19.1 Å². The average molecular weight is 284 g/mol. The summed E-state index contributed by atoms with van der Waals surface area (Å²) in [6.45, 7) is 3.78. The van der Waals surface area contributed by atoms with Crippen molar-refractivity contribution in [2.45, 2.75) is 20.3 Å². The smallest absolute Gasteiger partial charge is 0.342 e. The molecule has 0 bridgehead atoms. The van der Waals surface area contributed by atoms with Gasteiger partial charge in [-0.25, -0.2) is 4.79 Å². The molecule has 0 aromatic heterocycles. The third-order valence-corrected chi connectivity index (χ3v) is 3.32. The Morgan fingerprint density at radius 1 is 1.10 bits per heavy atom. The Kier molecular flexibility index (Phi) is 4.17. The molecule has 108 valence electrons. The van der Waals surface area contributed by atoms with Gasteiger partial charge in [-0.1, -0.05) is 35.9 Å². The SMILES string of the molecule is COC(=O)C1=C(CC=C(C)C)C(=O)c2ccccc2C1=O. The number of allylic oxidation sites excluding steroid dienone is 3. The van der Waals surface area contributed by atoms with Gasteiger partial charge in [0.1, 0.15) is 5.57 Å². The van der Waals surface area contributed by atoms with Gasteiger partial charge in [0.05, 0.1) is 7.11 Å². The summed E-state index contributed by atoms with van der Waals surface area (Å²) < 4.78 is 4.67. The van der Waals surface area contributed by atoms with E-state index in [1.54, 1.807) is 24.3 Å². The van der Waals surface area contributed by atoms with Crippen LogP contribution in [0, 0.1) is 0 Å². The topological polar surface area (TPSA) is 60.4 Å². The lowest BCUT2D eigenvalue weighted by molar-refractivity contribution is -0.135. The van der Waals surface area contributed by atoms with E-state index in [4.69, 9.17) is 0 Å². The second-order valence-electron chi connectivity index (χ2n) is 5.03. The Morgan fingerprint density at radius 3 is 2.19 bits per heavy atom. The zero-order chi connectivity index (χ0) is 15.6. The maximum atomic E-state index is 12.6. The first-order valence-corrected chi connectivity index (χ1v) is 6.60. The number of ketones is 2. The minimum absolute atomic E-state index is 0.154. The fraction of sp³-hybridized carbons (Fsp3) is 0.235. The number of rotatable bonds is 3. The first kappa shape index (κ1) is 14.9. The second-order valence-corrected chi connectivity index (χ2v) is 5.03. The molecule has 0 saturated heterocycles. The van der Waals surface area contributed by atoms with Gasteiger partial charge in [0.15, 0.2) is 5.78 Å². The van der Waals surface area contributed by atoms with E-state index >= 15 is 0 Å². The van der Waals surface area contributed by atoms with Gasteiger partial charge < -0.3 is 4.74 Å². The molecule has 0 radical (unpaired) electrons. The number of fused-ring (bicyclic) bond motifs is 1. The van der Waals surface area contributed by atoms with E-state index in [0.29, 0.717) is 5.56 Å². The largest absolute Gasteiger partial charge is 0.465 e. The molecule has 0 saturated carbocycles. The summed E-state index contributed by atoms with van der Waals surface area (Å²) in [6, 6.07) is 6.52. The lowest BCUT2D eigenvalue weighted by Crippen LogP contribution is -2.27. The monoisotopic (exact) mass is 284 g/mol. The number of carbonyl (C=O) groups is 3. The van der Waals surface area contributed by atoms with Gasteiger partial charge in [-0.05, 0) is 20.3 Å². The average Bonchev–Trinajstić information content (AvgIpc) is 2.48. The summed E-state index contributed by atoms with van der Waals surface area (Å²) in [4.78, 5) is 37.0. The molecule has 0 unspecified atom stereocenters. The molecular formula is C17H16O4. The highest BCUT2D eigenvalue weighted by molar-refractivity contribution is 6.35. The van der Waals surface area contributed by atoms with Gasteiger partial charge in [-0.15, -0.1) is 0 Å². The number of methoxy groups -OCH3 is 1. The van der Waals surface area contributed by atoms with Crippen LogP contribution in [0.1, 0.15) is 41.0 Å². The Bertz CT molecular complexity index is 688. The minimum Gasteiger partial charge on any atom is -0.465 e. The van der Waals surface area contributed by atoms with Crippen molar-refractivity contribution in [1.29, 1.82) is 0 Å². The number of carbonyl (C=O) groups excluding carboxylic acids is 3. The van der Waals surface area contributed by atoms with Crippen LogP contribution in [-0.4, -0.2) is 24.6 Å². The van der Waals surface area contributed by atoms with E-state index in [2.05, 4.69) is 4.74 Å². The number of benzene rings is 1. The van der Waals surface area contributed by atoms with Crippen LogP contribution >= 0.6 is 0 Å². The lowest BCUT2D eigenvalue weighted by atomic mass is 9.82. The number of Topliss-reactive ketones (excluding diaryl/α,β-unsaturated/α-hetero) is 2. The van der Waals surface area contributed by atoms with Crippen molar-refractivity contribution in [3.05, 3.63) is 58.2 Å². The number of hydrogen-bond donors (Lipinski definition) is 0. The quantitative estimate of drug-likeness (QED) is 0.486. The Labute approximate surface area is 123 Å². The molecule has 0 aliphatic heterocycles. The van der Waals surface area contributed by atoms with Gasteiger partial charge in [0, 0.05) is 16.7 Å². The zero-order valence-corrected chi connectivity index (χ0v) is 12.2. The molecule has 1 aromatic carbocycles. The van der Waals surface area contributed by atoms with Crippen LogP contribution in [0.15, 0.2) is 47.1 Å². The van der Waals surface area contributed by atoms with Crippen LogP contribution in [0.3, 0.4) is 0 Å². The summed E-state index contributed by atoms with van der Waals surface area (Å²) in [6.07, 6.45) is 2.06.